The van der Waals surface area contributed by atoms with E-state index in [1.54, 1.807) is 0 Å². The van der Waals surface area contributed by atoms with E-state index < -0.39 is 11.9 Å². The van der Waals surface area contributed by atoms with Crippen molar-refractivity contribution < 1.29 is 36.6 Å². The van der Waals surface area contributed by atoms with Crippen LogP contribution in [-0.4, -0.2) is 47.8 Å². The molecule has 8 nitrogen and oxygen atoms in total. The summed E-state index contributed by atoms with van der Waals surface area (Å²) >= 11 is 0. The van der Waals surface area contributed by atoms with E-state index in [1.807, 2.05) is 55.4 Å². The average Bonchev–Trinajstić information content (AvgIpc) is 2.35. The molecule has 0 aliphatic rings. The Labute approximate surface area is 160 Å². The maximum Gasteiger partial charge on any atom is 2.00 e. The summed E-state index contributed by atoms with van der Waals surface area (Å²) in [5, 5.41) is 26.3. The molecule has 0 heterocycles. The Morgan fingerprint density at radius 1 is 0.680 bits per heavy atom. The number of carboxylic acids is 2. The molecule has 0 fully saturated rings. The SMILES string of the molecule is CC(C)N=C(NC(C)C)C(=O)[O-].CC(C)N=C(NC(C)C)C(=O)[O-].[Co+2]. The number of rotatable bonds is 4. The molecule has 25 heavy (non-hydrogen) atoms. The number of nitrogens with zero attached hydrogens (tertiary/aromatic N) is 2. The summed E-state index contributed by atoms with van der Waals surface area (Å²) in [6, 6.07) is 0.0362. The Balaban J connectivity index is -0.000000372. The fraction of sp³-hybridized carbons (Fsp3) is 0.750. The zero-order valence-electron chi connectivity index (χ0n) is 16.2. The van der Waals surface area contributed by atoms with Crippen LogP contribution in [0.25, 0.3) is 0 Å². The fourth-order valence-electron chi connectivity index (χ4n) is 1.36. The minimum atomic E-state index is -1.25. The molecule has 0 amide bonds. The van der Waals surface area contributed by atoms with E-state index in [9.17, 15) is 19.8 Å². The Bertz CT molecular complexity index is 419. The van der Waals surface area contributed by atoms with Crippen molar-refractivity contribution in [2.45, 2.75) is 79.6 Å². The first-order valence-electron chi connectivity index (χ1n) is 7.98. The normalized spacial score (nSPS) is 11.8. The fourth-order valence-corrected chi connectivity index (χ4v) is 1.36. The molecule has 0 aliphatic carbocycles. The average molecular weight is 401 g/mol. The van der Waals surface area contributed by atoms with Crippen LogP contribution in [0.2, 0.25) is 0 Å². The van der Waals surface area contributed by atoms with Crippen molar-refractivity contribution in [1.29, 1.82) is 0 Å². The Hall–Kier alpha value is -1.61. The summed E-state index contributed by atoms with van der Waals surface area (Å²) in [7, 11) is 0. The molecule has 1 radical (unpaired) electrons. The third kappa shape index (κ3) is 18.6. The van der Waals surface area contributed by atoms with E-state index in [4.69, 9.17) is 0 Å². The third-order valence-electron chi connectivity index (χ3n) is 2.01. The molecule has 0 aromatic heterocycles. The largest absolute Gasteiger partial charge is 2.00 e. The number of carboxylic acid groups (broad SMARTS) is 2. The van der Waals surface area contributed by atoms with Gasteiger partial charge >= 0.3 is 16.8 Å². The van der Waals surface area contributed by atoms with Crippen LogP contribution in [0.15, 0.2) is 9.98 Å². The number of hydrogen-bond acceptors (Lipinski definition) is 6. The number of carbonyl (C=O) groups excluding carboxylic acids is 2. The summed E-state index contributed by atoms with van der Waals surface area (Å²) in [5.74, 6) is -2.64. The molecule has 0 aromatic carbocycles. The van der Waals surface area contributed by atoms with Gasteiger partial charge in [0.05, 0.1) is 0 Å². The number of carbonyl (C=O) groups is 2. The van der Waals surface area contributed by atoms with Crippen molar-refractivity contribution in [3.05, 3.63) is 0 Å². The zero-order chi connectivity index (χ0) is 19.4. The van der Waals surface area contributed by atoms with Crippen LogP contribution in [-0.2, 0) is 26.4 Å². The van der Waals surface area contributed by atoms with Crippen molar-refractivity contribution in [2.24, 2.45) is 9.98 Å². The quantitative estimate of drug-likeness (QED) is 0.463. The number of amidine groups is 2. The van der Waals surface area contributed by atoms with Crippen LogP contribution in [0.1, 0.15) is 55.4 Å². The molecule has 0 bridgehead atoms. The van der Waals surface area contributed by atoms with Gasteiger partial charge in [0.1, 0.15) is 23.6 Å². The van der Waals surface area contributed by atoms with Crippen molar-refractivity contribution in [3.8, 4) is 0 Å². The topological polar surface area (TPSA) is 129 Å². The summed E-state index contributed by atoms with van der Waals surface area (Å²) in [6.45, 7) is 14.6. The van der Waals surface area contributed by atoms with Gasteiger partial charge in [-0.3, -0.25) is 9.98 Å². The van der Waals surface area contributed by atoms with E-state index in [2.05, 4.69) is 20.6 Å². The first-order valence-corrected chi connectivity index (χ1v) is 7.98. The van der Waals surface area contributed by atoms with Crippen molar-refractivity contribution in [1.82, 2.24) is 10.6 Å². The maximum atomic E-state index is 10.5. The molecule has 0 atom stereocenters. The van der Waals surface area contributed by atoms with Gasteiger partial charge < -0.3 is 30.4 Å². The summed E-state index contributed by atoms with van der Waals surface area (Å²) in [5.41, 5.74) is 0. The van der Waals surface area contributed by atoms with Crippen LogP contribution in [0.4, 0.5) is 0 Å². The standard InChI is InChI=1S/2C8H16N2O2.Co/c2*1-5(2)9-7(8(11)12)10-6(3)4;/h2*5-6H,1-4H3,(H,9,10)(H,11,12);/q;;+2/p-2. The van der Waals surface area contributed by atoms with Gasteiger partial charge in [0, 0.05) is 24.2 Å². The summed E-state index contributed by atoms with van der Waals surface area (Å²) < 4.78 is 0. The number of aliphatic imine (C=N–C) groups is 2. The van der Waals surface area contributed by atoms with E-state index in [0.717, 1.165) is 0 Å². The second-order valence-electron chi connectivity index (χ2n) is 6.32. The van der Waals surface area contributed by atoms with Crippen LogP contribution in [0, 0.1) is 0 Å². The smallest absolute Gasteiger partial charge is 0.542 e. The monoisotopic (exact) mass is 401 g/mol. The van der Waals surface area contributed by atoms with Gasteiger partial charge in [-0.1, -0.05) is 0 Å². The Kier molecular flexibility index (Phi) is 16.6. The minimum absolute atomic E-state index is 0. The molecule has 9 heteroatoms. The first-order chi connectivity index (χ1) is 10.9. The Morgan fingerprint density at radius 3 is 1.04 bits per heavy atom. The van der Waals surface area contributed by atoms with Gasteiger partial charge in [-0.2, -0.15) is 0 Å². The Morgan fingerprint density at radius 2 is 0.920 bits per heavy atom. The molecule has 0 spiro atoms. The molecule has 0 saturated heterocycles. The number of nitrogens with one attached hydrogen (secondary N) is 2. The van der Waals surface area contributed by atoms with Crippen LogP contribution >= 0.6 is 0 Å². The van der Waals surface area contributed by atoms with Crippen molar-refractivity contribution in [2.75, 3.05) is 0 Å². The van der Waals surface area contributed by atoms with Crippen LogP contribution in [0.5, 0.6) is 0 Å². The molecular weight excluding hydrogens is 371 g/mol. The molecular formula is C16H30CoN4O4. The van der Waals surface area contributed by atoms with Gasteiger partial charge in [0.25, 0.3) is 0 Å². The van der Waals surface area contributed by atoms with Crippen molar-refractivity contribution >= 4 is 23.6 Å². The molecule has 0 saturated carbocycles. The van der Waals surface area contributed by atoms with Crippen LogP contribution in [0.3, 0.4) is 0 Å². The third-order valence-corrected chi connectivity index (χ3v) is 2.01. The van der Waals surface area contributed by atoms with Gasteiger partial charge in [0.15, 0.2) is 0 Å². The first kappa shape index (κ1) is 28.2. The second-order valence-corrected chi connectivity index (χ2v) is 6.32. The second kappa shape index (κ2) is 14.7. The number of aliphatic carboxylic acids is 2. The van der Waals surface area contributed by atoms with Gasteiger partial charge in [-0.05, 0) is 55.4 Å². The van der Waals surface area contributed by atoms with Gasteiger partial charge in [0.2, 0.25) is 0 Å². The summed E-state index contributed by atoms with van der Waals surface area (Å²) in [6.07, 6.45) is 0. The van der Waals surface area contributed by atoms with Crippen LogP contribution < -0.4 is 20.8 Å². The van der Waals surface area contributed by atoms with Gasteiger partial charge in [-0.15, -0.1) is 0 Å². The molecule has 0 aliphatic heterocycles. The minimum Gasteiger partial charge on any atom is -0.542 e. The van der Waals surface area contributed by atoms with Gasteiger partial charge in [-0.25, -0.2) is 0 Å². The van der Waals surface area contributed by atoms with E-state index >= 15 is 0 Å². The molecule has 0 rings (SSSR count). The van der Waals surface area contributed by atoms with E-state index in [0.29, 0.717) is 0 Å². The van der Waals surface area contributed by atoms with Crippen molar-refractivity contribution in [3.63, 3.8) is 0 Å². The molecule has 0 aromatic rings. The van der Waals surface area contributed by atoms with E-state index in [-0.39, 0.29) is 52.6 Å². The maximum absolute atomic E-state index is 10.5. The summed E-state index contributed by atoms with van der Waals surface area (Å²) in [4.78, 5) is 28.7. The predicted molar refractivity (Wildman–Crippen MR) is 91.7 cm³/mol. The molecule has 2 N–H and O–H groups in total. The molecule has 0 unspecified atom stereocenters. The van der Waals surface area contributed by atoms with E-state index in [1.165, 1.54) is 0 Å². The zero-order valence-corrected chi connectivity index (χ0v) is 17.2. The predicted octanol–water partition coefficient (Wildman–Crippen LogP) is -0.920. The molecule has 147 valence electrons. The number of hydrogen-bond donors (Lipinski definition) is 2.